The number of nitrogens with zero attached hydrogens (tertiary/aromatic N) is 1. The van der Waals surface area contributed by atoms with Crippen molar-refractivity contribution in [3.63, 3.8) is 0 Å². The number of benzene rings is 1. The highest BCUT2D eigenvalue weighted by atomic mass is 14.7. The molecule has 0 amide bonds. The monoisotopic (exact) mass is 203 g/mol. The quantitative estimate of drug-likeness (QED) is 0.638. The fraction of sp³-hybridized carbons (Fsp3) is 0.500. The largest absolute Gasteiger partial charge is 0.265 e. The van der Waals surface area contributed by atoms with E-state index in [2.05, 4.69) is 58.5 Å². The van der Waals surface area contributed by atoms with Crippen molar-refractivity contribution in [1.82, 2.24) is 0 Å². The Labute approximate surface area is 93.2 Å². The van der Waals surface area contributed by atoms with Gasteiger partial charge in [0.05, 0.1) is 5.69 Å². The first-order valence-corrected chi connectivity index (χ1v) is 5.58. The lowest BCUT2D eigenvalue weighted by Gasteiger charge is -2.17. The summed E-state index contributed by atoms with van der Waals surface area (Å²) in [4.78, 5) is 4.05. The smallest absolute Gasteiger partial charge is 0.0628 e. The summed E-state index contributed by atoms with van der Waals surface area (Å²) in [5, 5.41) is 0. The molecular formula is C14H21N. The molecular weight excluding hydrogens is 182 g/mol. The normalized spacial score (nSPS) is 11.1. The van der Waals surface area contributed by atoms with Crippen LogP contribution in [0, 0.1) is 6.92 Å². The summed E-state index contributed by atoms with van der Waals surface area (Å²) in [5.41, 5.74) is 5.19. The Balaban J connectivity index is 3.40. The van der Waals surface area contributed by atoms with Crippen molar-refractivity contribution in [2.45, 2.75) is 46.5 Å². The van der Waals surface area contributed by atoms with Crippen LogP contribution in [0.5, 0.6) is 0 Å². The molecule has 0 atom stereocenters. The fourth-order valence-corrected chi connectivity index (χ4v) is 2.03. The SMILES string of the molecule is C=Nc1cc(C(C)C)c(C)c(C(C)C)c1. The van der Waals surface area contributed by atoms with Crippen LogP contribution in [0.15, 0.2) is 17.1 Å². The number of hydrogen-bond acceptors (Lipinski definition) is 1. The first-order valence-electron chi connectivity index (χ1n) is 5.58. The third-order valence-electron chi connectivity index (χ3n) is 2.90. The highest BCUT2D eigenvalue weighted by molar-refractivity contribution is 5.54. The van der Waals surface area contributed by atoms with E-state index in [0.29, 0.717) is 11.8 Å². The highest BCUT2D eigenvalue weighted by Crippen LogP contribution is 2.31. The highest BCUT2D eigenvalue weighted by Gasteiger charge is 2.11. The molecule has 0 fully saturated rings. The Morgan fingerprint density at radius 2 is 1.40 bits per heavy atom. The van der Waals surface area contributed by atoms with E-state index in [-0.39, 0.29) is 0 Å². The van der Waals surface area contributed by atoms with Gasteiger partial charge in [0.1, 0.15) is 0 Å². The van der Waals surface area contributed by atoms with Crippen molar-refractivity contribution in [2.75, 3.05) is 0 Å². The first-order chi connectivity index (χ1) is 6.97. The number of aliphatic imine (C=N–C) groups is 1. The lowest BCUT2D eigenvalue weighted by atomic mass is 9.89. The zero-order valence-electron chi connectivity index (χ0n) is 10.5. The van der Waals surface area contributed by atoms with Gasteiger partial charge >= 0.3 is 0 Å². The minimum Gasteiger partial charge on any atom is -0.265 e. The topological polar surface area (TPSA) is 12.4 Å². The van der Waals surface area contributed by atoms with Gasteiger partial charge in [-0.05, 0) is 54.3 Å². The molecule has 0 aliphatic carbocycles. The number of rotatable bonds is 3. The predicted octanol–water partition coefficient (Wildman–Crippen LogP) is 4.57. The van der Waals surface area contributed by atoms with E-state index in [1.807, 2.05) is 0 Å². The first kappa shape index (κ1) is 12.0. The average Bonchev–Trinajstić information content (AvgIpc) is 2.17. The Morgan fingerprint density at radius 1 is 1.00 bits per heavy atom. The standard InChI is InChI=1S/C14H21N/c1-9(2)13-7-12(15-6)8-14(10(3)4)11(13)5/h7-10H,6H2,1-5H3. The molecule has 0 spiro atoms. The van der Waals surface area contributed by atoms with Crippen molar-refractivity contribution in [3.8, 4) is 0 Å². The van der Waals surface area contributed by atoms with Gasteiger partial charge in [-0.3, -0.25) is 4.99 Å². The van der Waals surface area contributed by atoms with Crippen LogP contribution in [0.3, 0.4) is 0 Å². The van der Waals surface area contributed by atoms with Crippen LogP contribution in [-0.4, -0.2) is 6.72 Å². The van der Waals surface area contributed by atoms with Gasteiger partial charge in [-0.2, -0.15) is 0 Å². The fourth-order valence-electron chi connectivity index (χ4n) is 2.03. The van der Waals surface area contributed by atoms with Crippen LogP contribution in [0.4, 0.5) is 5.69 Å². The molecule has 0 radical (unpaired) electrons. The maximum atomic E-state index is 4.05. The maximum absolute atomic E-state index is 4.05. The van der Waals surface area contributed by atoms with E-state index in [0.717, 1.165) is 5.69 Å². The zero-order chi connectivity index (χ0) is 11.6. The Morgan fingerprint density at radius 3 is 1.67 bits per heavy atom. The molecule has 0 aromatic heterocycles. The Bertz CT molecular complexity index is 333. The van der Waals surface area contributed by atoms with Gasteiger partial charge in [-0.25, -0.2) is 0 Å². The summed E-state index contributed by atoms with van der Waals surface area (Å²) in [6.07, 6.45) is 0. The molecule has 0 N–H and O–H groups in total. The van der Waals surface area contributed by atoms with Crippen molar-refractivity contribution in [2.24, 2.45) is 4.99 Å². The molecule has 1 heteroatoms. The van der Waals surface area contributed by atoms with Crippen LogP contribution in [0.25, 0.3) is 0 Å². The van der Waals surface area contributed by atoms with E-state index in [1.54, 1.807) is 0 Å². The molecule has 0 aliphatic heterocycles. The number of hydrogen-bond donors (Lipinski definition) is 0. The lowest BCUT2D eigenvalue weighted by molar-refractivity contribution is 0.817. The second-order valence-electron chi connectivity index (χ2n) is 4.72. The minimum absolute atomic E-state index is 0.546. The van der Waals surface area contributed by atoms with E-state index < -0.39 is 0 Å². The molecule has 1 nitrogen and oxygen atoms in total. The van der Waals surface area contributed by atoms with E-state index in [1.165, 1.54) is 16.7 Å². The summed E-state index contributed by atoms with van der Waals surface area (Å²) in [6.45, 7) is 14.7. The second-order valence-corrected chi connectivity index (χ2v) is 4.72. The van der Waals surface area contributed by atoms with Crippen LogP contribution < -0.4 is 0 Å². The van der Waals surface area contributed by atoms with Gasteiger partial charge in [0.2, 0.25) is 0 Å². The van der Waals surface area contributed by atoms with Crippen molar-refractivity contribution in [3.05, 3.63) is 28.8 Å². The average molecular weight is 203 g/mol. The molecule has 1 aromatic rings. The third-order valence-corrected chi connectivity index (χ3v) is 2.90. The van der Waals surface area contributed by atoms with Crippen LogP contribution in [0.1, 0.15) is 56.2 Å². The maximum Gasteiger partial charge on any atom is 0.0628 e. The molecule has 0 bridgehead atoms. The van der Waals surface area contributed by atoms with Crippen LogP contribution in [-0.2, 0) is 0 Å². The molecule has 1 rings (SSSR count). The van der Waals surface area contributed by atoms with Crippen LogP contribution >= 0.6 is 0 Å². The summed E-state index contributed by atoms with van der Waals surface area (Å²) < 4.78 is 0. The lowest BCUT2D eigenvalue weighted by Crippen LogP contribution is -1.99. The molecule has 0 aliphatic rings. The van der Waals surface area contributed by atoms with Gasteiger partial charge in [-0.1, -0.05) is 27.7 Å². The van der Waals surface area contributed by atoms with E-state index in [9.17, 15) is 0 Å². The molecule has 0 saturated carbocycles. The molecule has 0 heterocycles. The van der Waals surface area contributed by atoms with Gasteiger partial charge in [0, 0.05) is 0 Å². The molecule has 0 saturated heterocycles. The van der Waals surface area contributed by atoms with Crippen molar-refractivity contribution in [1.29, 1.82) is 0 Å². The van der Waals surface area contributed by atoms with E-state index >= 15 is 0 Å². The molecule has 1 aromatic carbocycles. The molecule has 0 unspecified atom stereocenters. The Hall–Kier alpha value is -1.11. The summed E-state index contributed by atoms with van der Waals surface area (Å²) in [7, 11) is 0. The Kier molecular flexibility index (Phi) is 3.67. The van der Waals surface area contributed by atoms with Gasteiger partial charge in [0.15, 0.2) is 0 Å². The summed E-state index contributed by atoms with van der Waals surface area (Å²) >= 11 is 0. The van der Waals surface area contributed by atoms with Crippen molar-refractivity contribution >= 4 is 12.4 Å². The van der Waals surface area contributed by atoms with Crippen molar-refractivity contribution < 1.29 is 0 Å². The van der Waals surface area contributed by atoms with Gasteiger partial charge in [0.25, 0.3) is 0 Å². The van der Waals surface area contributed by atoms with Gasteiger partial charge in [-0.15, -0.1) is 0 Å². The minimum atomic E-state index is 0.546. The zero-order valence-corrected chi connectivity index (χ0v) is 10.5. The van der Waals surface area contributed by atoms with E-state index in [4.69, 9.17) is 0 Å². The van der Waals surface area contributed by atoms with Gasteiger partial charge < -0.3 is 0 Å². The molecule has 82 valence electrons. The summed E-state index contributed by atoms with van der Waals surface area (Å²) in [6, 6.07) is 4.30. The second kappa shape index (κ2) is 4.61. The van der Waals surface area contributed by atoms with Crippen LogP contribution in [0.2, 0.25) is 0 Å². The third kappa shape index (κ3) is 2.47. The molecule has 15 heavy (non-hydrogen) atoms. The predicted molar refractivity (Wildman–Crippen MR) is 68.6 cm³/mol. The summed E-state index contributed by atoms with van der Waals surface area (Å²) in [5.74, 6) is 1.09.